The standard InChI is InChI=1S/C58H35N5/c1-2-14-37-31-40(26-25-36(37)13-1)57-56(62-55-35-59-29-30-63(55)57)49-27-28-50(46-22-10-9-21-45(46)49)58-60-53(51-32-38-15-3-5-17-41(38)43-19-7-11-23-47(43)51)34-54(61-58)52-33-39-16-4-6-18-42(39)44-20-8-12-24-48(44)52/h1-35H. The van der Waals surface area contributed by atoms with Gasteiger partial charge in [-0.15, -0.1) is 0 Å². The van der Waals surface area contributed by atoms with Gasteiger partial charge in [-0.3, -0.25) is 9.38 Å². The highest BCUT2D eigenvalue weighted by atomic mass is 15.0. The fraction of sp³-hybridized carbons (Fsp3) is 0. The average molecular weight is 802 g/mol. The van der Waals surface area contributed by atoms with E-state index in [1.54, 1.807) is 0 Å². The molecule has 10 aromatic carbocycles. The van der Waals surface area contributed by atoms with Gasteiger partial charge in [-0.05, 0) is 95.0 Å². The molecule has 13 rings (SSSR count). The first-order valence-electron chi connectivity index (χ1n) is 21.3. The third-order valence-corrected chi connectivity index (χ3v) is 12.7. The molecule has 0 saturated carbocycles. The molecule has 5 nitrogen and oxygen atoms in total. The summed E-state index contributed by atoms with van der Waals surface area (Å²) in [5.41, 5.74) is 9.63. The van der Waals surface area contributed by atoms with Crippen molar-refractivity contribution in [3.05, 3.63) is 213 Å². The van der Waals surface area contributed by atoms with Crippen molar-refractivity contribution in [2.45, 2.75) is 0 Å². The average Bonchev–Trinajstić information content (AvgIpc) is 3.74. The van der Waals surface area contributed by atoms with Crippen LogP contribution in [0.3, 0.4) is 0 Å². The van der Waals surface area contributed by atoms with Gasteiger partial charge in [0.1, 0.15) is 0 Å². The second kappa shape index (κ2) is 14.0. The van der Waals surface area contributed by atoms with Crippen LogP contribution in [-0.2, 0) is 0 Å². The van der Waals surface area contributed by atoms with Crippen LogP contribution in [0.4, 0.5) is 0 Å². The minimum Gasteiger partial charge on any atom is -0.296 e. The van der Waals surface area contributed by atoms with Gasteiger partial charge in [0, 0.05) is 40.2 Å². The molecule has 13 aromatic rings. The van der Waals surface area contributed by atoms with E-state index in [-0.39, 0.29) is 0 Å². The molecular weight excluding hydrogens is 767 g/mol. The second-order valence-corrected chi connectivity index (χ2v) is 16.2. The SMILES string of the molecule is c1ccc2cc(-c3c(-c4ccc(-c5nc(-c6cc7ccccc7c7ccccc67)cc(-c6cc7ccccc7c7ccccc67)n5)c5ccccc45)nc4cnccn34)ccc2c1. The first-order valence-corrected chi connectivity index (χ1v) is 21.3. The quantitative estimate of drug-likeness (QED) is 0.163. The Bertz CT molecular complexity index is 3860. The van der Waals surface area contributed by atoms with E-state index < -0.39 is 0 Å². The molecule has 0 atom stereocenters. The summed E-state index contributed by atoms with van der Waals surface area (Å²) < 4.78 is 2.15. The molecule has 0 aliphatic heterocycles. The van der Waals surface area contributed by atoms with Gasteiger partial charge in [-0.25, -0.2) is 15.0 Å². The summed E-state index contributed by atoms with van der Waals surface area (Å²) in [6.45, 7) is 0. The summed E-state index contributed by atoms with van der Waals surface area (Å²) >= 11 is 0. The van der Waals surface area contributed by atoms with Gasteiger partial charge in [0.05, 0.1) is 29.0 Å². The maximum absolute atomic E-state index is 5.54. The number of fused-ring (bicyclic) bond motifs is 9. The first-order chi connectivity index (χ1) is 31.2. The number of hydrogen-bond acceptors (Lipinski definition) is 4. The van der Waals surface area contributed by atoms with E-state index >= 15 is 0 Å². The van der Waals surface area contributed by atoms with Gasteiger partial charge in [0.2, 0.25) is 0 Å². The number of nitrogens with zero attached hydrogens (tertiary/aromatic N) is 5. The van der Waals surface area contributed by atoms with Crippen LogP contribution in [0.2, 0.25) is 0 Å². The van der Waals surface area contributed by atoms with E-state index in [0.29, 0.717) is 5.82 Å². The summed E-state index contributed by atoms with van der Waals surface area (Å²) in [6.07, 6.45) is 5.66. The number of hydrogen-bond donors (Lipinski definition) is 0. The molecule has 63 heavy (non-hydrogen) atoms. The first kappa shape index (κ1) is 35.2. The lowest BCUT2D eigenvalue weighted by atomic mass is 9.92. The van der Waals surface area contributed by atoms with Crippen molar-refractivity contribution in [3.63, 3.8) is 0 Å². The molecule has 0 radical (unpaired) electrons. The van der Waals surface area contributed by atoms with Crippen molar-refractivity contribution in [1.82, 2.24) is 24.3 Å². The summed E-state index contributed by atoms with van der Waals surface area (Å²) in [4.78, 5) is 20.8. The summed E-state index contributed by atoms with van der Waals surface area (Å²) in [5, 5.41) is 14.0. The molecule has 0 bridgehead atoms. The Morgan fingerprint density at radius 3 is 1.46 bits per heavy atom. The zero-order valence-electron chi connectivity index (χ0n) is 33.9. The van der Waals surface area contributed by atoms with Crippen molar-refractivity contribution in [2.75, 3.05) is 0 Å². The van der Waals surface area contributed by atoms with Gasteiger partial charge >= 0.3 is 0 Å². The summed E-state index contributed by atoms with van der Waals surface area (Å²) in [7, 11) is 0. The maximum Gasteiger partial charge on any atom is 0.161 e. The molecule has 3 heterocycles. The molecule has 0 spiro atoms. The largest absolute Gasteiger partial charge is 0.296 e. The highest BCUT2D eigenvalue weighted by Gasteiger charge is 2.22. The molecule has 5 heteroatoms. The Kier molecular flexibility index (Phi) is 7.84. The van der Waals surface area contributed by atoms with Gasteiger partial charge in [0.25, 0.3) is 0 Å². The fourth-order valence-electron chi connectivity index (χ4n) is 9.78. The number of aromatic nitrogens is 5. The molecule has 0 aliphatic rings. The maximum atomic E-state index is 5.54. The van der Waals surface area contributed by atoms with Crippen LogP contribution in [0, 0.1) is 0 Å². The van der Waals surface area contributed by atoms with E-state index in [9.17, 15) is 0 Å². The smallest absolute Gasteiger partial charge is 0.161 e. The molecule has 0 N–H and O–H groups in total. The van der Waals surface area contributed by atoms with E-state index in [2.05, 4.69) is 204 Å². The lowest BCUT2D eigenvalue weighted by Crippen LogP contribution is -1.98. The van der Waals surface area contributed by atoms with E-state index in [1.807, 2.05) is 18.6 Å². The van der Waals surface area contributed by atoms with Crippen molar-refractivity contribution in [1.29, 1.82) is 0 Å². The van der Waals surface area contributed by atoms with Crippen LogP contribution in [0.1, 0.15) is 0 Å². The molecule has 292 valence electrons. The number of rotatable bonds is 5. The molecular formula is C58H35N5. The highest BCUT2D eigenvalue weighted by Crippen LogP contribution is 2.43. The van der Waals surface area contributed by atoms with Crippen molar-refractivity contribution >= 4 is 70.3 Å². The zero-order chi connectivity index (χ0) is 41.4. The Balaban J connectivity index is 1.08. The Hall–Kier alpha value is -8.54. The zero-order valence-corrected chi connectivity index (χ0v) is 33.9. The molecule has 0 unspecified atom stereocenters. The molecule has 0 aliphatic carbocycles. The normalized spacial score (nSPS) is 11.8. The summed E-state index contributed by atoms with van der Waals surface area (Å²) in [5.74, 6) is 0.661. The number of benzene rings is 10. The Morgan fingerprint density at radius 2 is 0.841 bits per heavy atom. The monoisotopic (exact) mass is 801 g/mol. The lowest BCUT2D eigenvalue weighted by Gasteiger charge is -2.16. The van der Waals surface area contributed by atoms with Crippen LogP contribution in [0.15, 0.2) is 213 Å². The highest BCUT2D eigenvalue weighted by molar-refractivity contribution is 6.16. The van der Waals surface area contributed by atoms with Gasteiger partial charge < -0.3 is 0 Å². The predicted octanol–water partition coefficient (Wildman–Crippen LogP) is 14.8. The minimum absolute atomic E-state index is 0.661. The van der Waals surface area contributed by atoms with Crippen molar-refractivity contribution in [2.24, 2.45) is 0 Å². The van der Waals surface area contributed by atoms with E-state index in [0.717, 1.165) is 77.8 Å². The topological polar surface area (TPSA) is 56.0 Å². The molecule has 0 amide bonds. The third-order valence-electron chi connectivity index (χ3n) is 12.7. The lowest BCUT2D eigenvalue weighted by molar-refractivity contribution is 1.13. The Labute approximate surface area is 362 Å². The van der Waals surface area contributed by atoms with Crippen LogP contribution in [0.25, 0.3) is 127 Å². The third kappa shape index (κ3) is 5.64. The van der Waals surface area contributed by atoms with Gasteiger partial charge in [-0.1, -0.05) is 164 Å². The summed E-state index contributed by atoms with van der Waals surface area (Å²) in [6, 6.07) is 69.5. The van der Waals surface area contributed by atoms with Gasteiger partial charge in [-0.2, -0.15) is 0 Å². The van der Waals surface area contributed by atoms with E-state index in [4.69, 9.17) is 15.0 Å². The minimum atomic E-state index is 0.661. The fourth-order valence-corrected chi connectivity index (χ4v) is 9.78. The molecule has 0 saturated heterocycles. The molecule has 0 fully saturated rings. The van der Waals surface area contributed by atoms with Crippen molar-refractivity contribution < 1.29 is 0 Å². The second-order valence-electron chi connectivity index (χ2n) is 16.2. The van der Waals surface area contributed by atoms with Crippen LogP contribution >= 0.6 is 0 Å². The number of imidazole rings is 1. The van der Waals surface area contributed by atoms with Crippen LogP contribution < -0.4 is 0 Å². The predicted molar refractivity (Wildman–Crippen MR) is 261 cm³/mol. The van der Waals surface area contributed by atoms with E-state index in [1.165, 1.54) is 43.1 Å². The van der Waals surface area contributed by atoms with Crippen molar-refractivity contribution in [3.8, 4) is 56.4 Å². The Morgan fingerprint density at radius 1 is 0.349 bits per heavy atom. The van der Waals surface area contributed by atoms with Gasteiger partial charge in [0.15, 0.2) is 11.5 Å². The van der Waals surface area contributed by atoms with Crippen LogP contribution in [0.5, 0.6) is 0 Å². The molecule has 3 aromatic heterocycles. The van der Waals surface area contributed by atoms with Crippen LogP contribution in [-0.4, -0.2) is 24.3 Å².